The first-order valence-electron chi connectivity index (χ1n) is 4.39. The van der Waals surface area contributed by atoms with Crippen molar-refractivity contribution in [3.05, 3.63) is 20.8 Å². The third-order valence-electron chi connectivity index (χ3n) is 2.31. The minimum absolute atomic E-state index is 0.224. The van der Waals surface area contributed by atoms with E-state index in [4.69, 9.17) is 5.73 Å². The zero-order valence-corrected chi connectivity index (χ0v) is 10.4. The summed E-state index contributed by atoms with van der Waals surface area (Å²) in [5, 5.41) is 2.73. The van der Waals surface area contributed by atoms with Gasteiger partial charge in [0.15, 0.2) is 0 Å². The molecule has 0 bridgehead atoms. The summed E-state index contributed by atoms with van der Waals surface area (Å²) in [7, 11) is 0. The summed E-state index contributed by atoms with van der Waals surface area (Å²) >= 11 is 7.31. The number of thioether (sulfide) groups is 1. The molecule has 72 valence electrons. The van der Waals surface area contributed by atoms with Crippen LogP contribution in [0.15, 0.2) is 15.9 Å². The minimum Gasteiger partial charge on any atom is -0.322 e. The van der Waals surface area contributed by atoms with E-state index in [9.17, 15) is 0 Å². The van der Waals surface area contributed by atoms with Crippen LogP contribution in [0.5, 0.6) is 0 Å². The number of hydrogen-bond donors (Lipinski definition) is 1. The average Bonchev–Trinajstić information content (AvgIpc) is 2.72. The van der Waals surface area contributed by atoms with E-state index < -0.39 is 0 Å². The van der Waals surface area contributed by atoms with Gasteiger partial charge in [0.05, 0.1) is 6.04 Å². The van der Waals surface area contributed by atoms with Gasteiger partial charge in [-0.15, -0.1) is 11.3 Å². The third kappa shape index (κ3) is 2.12. The molecule has 0 amide bonds. The van der Waals surface area contributed by atoms with Crippen molar-refractivity contribution in [1.29, 1.82) is 0 Å². The Morgan fingerprint density at radius 3 is 3.00 bits per heavy atom. The maximum absolute atomic E-state index is 6.21. The van der Waals surface area contributed by atoms with Gasteiger partial charge in [0.1, 0.15) is 0 Å². The molecular weight excluding hydrogens is 266 g/mol. The van der Waals surface area contributed by atoms with Crippen molar-refractivity contribution >= 4 is 39.0 Å². The van der Waals surface area contributed by atoms with Gasteiger partial charge >= 0.3 is 0 Å². The molecule has 1 aliphatic rings. The maximum atomic E-state index is 6.21. The van der Waals surface area contributed by atoms with Crippen LogP contribution in [-0.2, 0) is 0 Å². The number of rotatable bonds is 2. The van der Waals surface area contributed by atoms with Crippen LogP contribution in [0.2, 0.25) is 0 Å². The van der Waals surface area contributed by atoms with Gasteiger partial charge < -0.3 is 5.73 Å². The van der Waals surface area contributed by atoms with Crippen LogP contribution < -0.4 is 5.73 Å². The van der Waals surface area contributed by atoms with Crippen LogP contribution in [0.25, 0.3) is 0 Å². The lowest BCUT2D eigenvalue weighted by molar-refractivity contribution is 0.653. The lowest BCUT2D eigenvalue weighted by Crippen LogP contribution is -2.20. The SMILES string of the molecule is NC(c1sccc1Br)C1CCCS1. The van der Waals surface area contributed by atoms with Crippen molar-refractivity contribution in [2.75, 3.05) is 5.75 Å². The molecule has 0 spiro atoms. The summed E-state index contributed by atoms with van der Waals surface area (Å²) in [5.74, 6) is 1.28. The van der Waals surface area contributed by atoms with Crippen LogP contribution in [0.3, 0.4) is 0 Å². The van der Waals surface area contributed by atoms with E-state index in [0.717, 1.165) is 0 Å². The van der Waals surface area contributed by atoms with E-state index in [0.29, 0.717) is 5.25 Å². The Morgan fingerprint density at radius 2 is 2.46 bits per heavy atom. The van der Waals surface area contributed by atoms with E-state index in [1.807, 2.05) is 11.8 Å². The molecule has 13 heavy (non-hydrogen) atoms. The first-order chi connectivity index (χ1) is 6.29. The molecule has 2 N–H and O–H groups in total. The third-order valence-corrected chi connectivity index (χ3v) is 5.77. The van der Waals surface area contributed by atoms with Gasteiger partial charge in [0.25, 0.3) is 0 Å². The molecule has 2 atom stereocenters. The Morgan fingerprint density at radius 1 is 1.62 bits per heavy atom. The summed E-state index contributed by atoms with van der Waals surface area (Å²) < 4.78 is 1.18. The highest BCUT2D eigenvalue weighted by molar-refractivity contribution is 9.10. The number of hydrogen-bond acceptors (Lipinski definition) is 3. The number of thiophene rings is 1. The predicted molar refractivity (Wildman–Crippen MR) is 64.4 cm³/mol. The van der Waals surface area contributed by atoms with Crippen LogP contribution in [-0.4, -0.2) is 11.0 Å². The monoisotopic (exact) mass is 277 g/mol. The van der Waals surface area contributed by atoms with E-state index in [-0.39, 0.29) is 6.04 Å². The molecule has 1 aromatic rings. The Hall–Kier alpha value is 0.490. The van der Waals surface area contributed by atoms with Crippen molar-refractivity contribution in [1.82, 2.24) is 0 Å². The van der Waals surface area contributed by atoms with Gasteiger partial charge in [-0.05, 0) is 46.0 Å². The van der Waals surface area contributed by atoms with Gasteiger partial charge in [-0.1, -0.05) is 0 Å². The number of halogens is 1. The standard InChI is InChI=1S/C9H12BrNS2/c10-6-3-5-13-9(6)8(11)7-2-1-4-12-7/h3,5,7-8H,1-2,4,11H2. The van der Waals surface area contributed by atoms with Crippen LogP contribution in [0.4, 0.5) is 0 Å². The molecule has 0 aliphatic carbocycles. The maximum Gasteiger partial charge on any atom is 0.0521 e. The Bertz CT molecular complexity index is 281. The molecule has 1 fully saturated rings. The molecule has 0 aromatic carbocycles. The van der Waals surface area contributed by atoms with Crippen LogP contribution in [0.1, 0.15) is 23.8 Å². The molecule has 1 aliphatic heterocycles. The molecule has 0 saturated carbocycles. The molecule has 2 unspecified atom stereocenters. The number of nitrogens with two attached hydrogens (primary N) is 1. The highest BCUT2D eigenvalue weighted by Crippen LogP contribution is 2.38. The fourth-order valence-electron chi connectivity index (χ4n) is 1.60. The molecule has 1 saturated heterocycles. The van der Waals surface area contributed by atoms with Crippen LogP contribution >= 0.6 is 39.0 Å². The van der Waals surface area contributed by atoms with Crippen molar-refractivity contribution in [2.45, 2.75) is 24.1 Å². The molecule has 1 aromatic heterocycles. The zero-order valence-electron chi connectivity index (χ0n) is 7.20. The normalized spacial score (nSPS) is 24.9. The predicted octanol–water partition coefficient (Wildman–Crippen LogP) is 3.41. The van der Waals surface area contributed by atoms with E-state index in [2.05, 4.69) is 27.4 Å². The van der Waals surface area contributed by atoms with Gasteiger partial charge in [0.2, 0.25) is 0 Å². The Balaban J connectivity index is 2.12. The second-order valence-corrected chi connectivity index (χ2v) is 6.36. The molecule has 4 heteroatoms. The summed E-state index contributed by atoms with van der Waals surface area (Å²) in [6.07, 6.45) is 2.60. The summed E-state index contributed by atoms with van der Waals surface area (Å²) in [4.78, 5) is 1.31. The van der Waals surface area contributed by atoms with Crippen molar-refractivity contribution in [3.8, 4) is 0 Å². The highest BCUT2D eigenvalue weighted by Gasteiger charge is 2.25. The quantitative estimate of drug-likeness (QED) is 0.897. The second kappa shape index (κ2) is 4.34. The fourth-order valence-corrected chi connectivity index (χ4v) is 4.70. The van der Waals surface area contributed by atoms with E-state index in [1.54, 1.807) is 11.3 Å². The topological polar surface area (TPSA) is 26.0 Å². The lowest BCUT2D eigenvalue weighted by Gasteiger charge is -2.17. The summed E-state index contributed by atoms with van der Waals surface area (Å²) in [6.45, 7) is 0. The van der Waals surface area contributed by atoms with E-state index in [1.165, 1.54) is 27.9 Å². The first kappa shape index (κ1) is 10.0. The first-order valence-corrected chi connectivity index (χ1v) is 7.11. The fraction of sp³-hybridized carbons (Fsp3) is 0.556. The smallest absolute Gasteiger partial charge is 0.0521 e. The highest BCUT2D eigenvalue weighted by atomic mass is 79.9. The van der Waals surface area contributed by atoms with Gasteiger partial charge in [-0.2, -0.15) is 11.8 Å². The largest absolute Gasteiger partial charge is 0.322 e. The molecule has 0 radical (unpaired) electrons. The van der Waals surface area contributed by atoms with E-state index >= 15 is 0 Å². The zero-order chi connectivity index (χ0) is 9.26. The second-order valence-electron chi connectivity index (χ2n) is 3.21. The Kier molecular flexibility index (Phi) is 3.35. The van der Waals surface area contributed by atoms with Crippen molar-refractivity contribution < 1.29 is 0 Å². The van der Waals surface area contributed by atoms with Crippen molar-refractivity contribution in [2.24, 2.45) is 5.73 Å². The van der Waals surface area contributed by atoms with Gasteiger partial charge in [-0.25, -0.2) is 0 Å². The average molecular weight is 278 g/mol. The molecule has 1 nitrogen and oxygen atoms in total. The summed E-state index contributed by atoms with van der Waals surface area (Å²) in [6, 6.07) is 2.31. The van der Waals surface area contributed by atoms with Gasteiger partial charge in [0, 0.05) is 14.6 Å². The Labute approximate surface area is 95.2 Å². The van der Waals surface area contributed by atoms with Crippen LogP contribution in [0, 0.1) is 0 Å². The summed E-state index contributed by atoms with van der Waals surface area (Å²) in [5.41, 5.74) is 6.21. The molecule has 2 heterocycles. The molecule has 2 rings (SSSR count). The van der Waals surface area contributed by atoms with Gasteiger partial charge in [-0.3, -0.25) is 0 Å². The lowest BCUT2D eigenvalue weighted by atomic mass is 10.1. The van der Waals surface area contributed by atoms with Crippen molar-refractivity contribution in [3.63, 3.8) is 0 Å². The molecular formula is C9H12BrNS2. The minimum atomic E-state index is 0.224.